The summed E-state index contributed by atoms with van der Waals surface area (Å²) in [5.74, 6) is 2.45. The first-order valence-corrected chi connectivity index (χ1v) is 10.9. The molecule has 1 aliphatic heterocycles. The van der Waals surface area contributed by atoms with Crippen molar-refractivity contribution in [3.8, 4) is 11.6 Å². The zero-order chi connectivity index (χ0) is 22.2. The number of benzene rings is 1. The van der Waals surface area contributed by atoms with Crippen molar-refractivity contribution in [2.45, 2.75) is 39.0 Å². The molecular formula is C24H31IN6O2. The normalized spacial score (nSPS) is 15.7. The summed E-state index contributed by atoms with van der Waals surface area (Å²) in [5.41, 5.74) is 3.32. The van der Waals surface area contributed by atoms with Gasteiger partial charge in [0.25, 0.3) is 0 Å². The molecule has 3 aromatic rings. The van der Waals surface area contributed by atoms with Crippen LogP contribution in [-0.4, -0.2) is 46.9 Å². The maximum Gasteiger partial charge on any atom is 0.191 e. The molecular weight excluding hydrogens is 531 g/mol. The van der Waals surface area contributed by atoms with Gasteiger partial charge in [-0.2, -0.15) is 0 Å². The summed E-state index contributed by atoms with van der Waals surface area (Å²) >= 11 is 0. The summed E-state index contributed by atoms with van der Waals surface area (Å²) in [5, 5.41) is 6.71. The Morgan fingerprint density at radius 3 is 2.82 bits per heavy atom. The Balaban J connectivity index is 0.00000306. The van der Waals surface area contributed by atoms with Crippen molar-refractivity contribution in [1.82, 2.24) is 25.2 Å². The molecule has 0 aliphatic carbocycles. The van der Waals surface area contributed by atoms with Crippen LogP contribution >= 0.6 is 24.0 Å². The molecule has 1 aliphatic rings. The van der Waals surface area contributed by atoms with Crippen molar-refractivity contribution < 1.29 is 9.47 Å². The van der Waals surface area contributed by atoms with E-state index in [4.69, 9.17) is 9.47 Å². The van der Waals surface area contributed by atoms with Gasteiger partial charge in [-0.15, -0.1) is 24.0 Å². The second-order valence-corrected chi connectivity index (χ2v) is 7.83. The van der Waals surface area contributed by atoms with E-state index in [1.165, 1.54) is 5.56 Å². The van der Waals surface area contributed by atoms with Crippen LogP contribution < -0.4 is 15.4 Å². The molecule has 176 valence electrons. The molecule has 0 amide bonds. The van der Waals surface area contributed by atoms with E-state index in [1.807, 2.05) is 29.1 Å². The zero-order valence-corrected chi connectivity index (χ0v) is 21.4. The van der Waals surface area contributed by atoms with Crippen LogP contribution in [0, 0.1) is 6.92 Å². The molecule has 2 aromatic heterocycles. The second kappa shape index (κ2) is 12.5. The maximum atomic E-state index is 6.10. The van der Waals surface area contributed by atoms with Gasteiger partial charge in [0.15, 0.2) is 5.96 Å². The summed E-state index contributed by atoms with van der Waals surface area (Å²) in [6, 6.07) is 10.3. The average molecular weight is 562 g/mol. The highest BCUT2D eigenvalue weighted by molar-refractivity contribution is 14.0. The van der Waals surface area contributed by atoms with Crippen molar-refractivity contribution in [3.63, 3.8) is 0 Å². The van der Waals surface area contributed by atoms with Gasteiger partial charge in [0, 0.05) is 50.9 Å². The fourth-order valence-electron chi connectivity index (χ4n) is 3.55. The third-order valence-corrected chi connectivity index (χ3v) is 5.38. The van der Waals surface area contributed by atoms with E-state index < -0.39 is 0 Å². The minimum absolute atomic E-state index is 0. The predicted octanol–water partition coefficient (Wildman–Crippen LogP) is 3.62. The summed E-state index contributed by atoms with van der Waals surface area (Å²) in [7, 11) is 1.76. The molecule has 0 bridgehead atoms. The molecule has 3 heterocycles. The standard InChI is InChI=1S/C24H30N6O2.HI/c1-18-5-7-20(22(12-18)32-16-21-4-3-11-31-21)15-29-24(25-2)28-14-19-6-8-23(27-13-19)30-10-9-26-17-30;/h5-10,12-13,17,21H,3-4,11,14-16H2,1-2H3,(H2,25,28,29);1H. The van der Waals surface area contributed by atoms with Crippen LogP contribution in [0.1, 0.15) is 29.5 Å². The predicted molar refractivity (Wildman–Crippen MR) is 139 cm³/mol. The average Bonchev–Trinajstić information content (AvgIpc) is 3.54. The van der Waals surface area contributed by atoms with Crippen molar-refractivity contribution >= 4 is 29.9 Å². The van der Waals surface area contributed by atoms with Gasteiger partial charge in [-0.25, -0.2) is 9.97 Å². The minimum Gasteiger partial charge on any atom is -0.491 e. The molecule has 0 saturated carbocycles. The molecule has 0 spiro atoms. The number of aliphatic imine (C=N–C) groups is 1. The molecule has 1 fully saturated rings. The number of hydrogen-bond acceptors (Lipinski definition) is 5. The number of halogens is 1. The van der Waals surface area contributed by atoms with Crippen molar-refractivity contribution in [1.29, 1.82) is 0 Å². The summed E-state index contributed by atoms with van der Waals surface area (Å²) in [4.78, 5) is 12.9. The van der Waals surface area contributed by atoms with Crippen LogP contribution in [0.5, 0.6) is 5.75 Å². The SMILES string of the molecule is CN=C(NCc1ccc(-n2ccnc2)nc1)NCc1ccc(C)cc1OCC1CCCO1.I. The summed E-state index contributed by atoms with van der Waals surface area (Å²) in [6.45, 7) is 4.72. The van der Waals surface area contributed by atoms with Gasteiger partial charge in [-0.1, -0.05) is 18.2 Å². The fraction of sp³-hybridized carbons (Fsp3) is 0.375. The Hall–Kier alpha value is -2.66. The number of rotatable bonds is 8. The number of aromatic nitrogens is 3. The number of hydrogen-bond donors (Lipinski definition) is 2. The molecule has 1 atom stereocenters. The summed E-state index contributed by atoms with van der Waals surface area (Å²) < 4.78 is 13.7. The van der Waals surface area contributed by atoms with Crippen LogP contribution in [-0.2, 0) is 17.8 Å². The van der Waals surface area contributed by atoms with Gasteiger partial charge in [0.05, 0.1) is 6.10 Å². The Morgan fingerprint density at radius 1 is 1.24 bits per heavy atom. The first-order chi connectivity index (χ1) is 15.7. The lowest BCUT2D eigenvalue weighted by molar-refractivity contribution is 0.0676. The minimum atomic E-state index is 0. The van der Waals surface area contributed by atoms with Gasteiger partial charge in [0.2, 0.25) is 0 Å². The van der Waals surface area contributed by atoms with Crippen molar-refractivity contribution in [2.24, 2.45) is 4.99 Å². The number of guanidine groups is 1. The van der Waals surface area contributed by atoms with E-state index in [-0.39, 0.29) is 30.1 Å². The van der Waals surface area contributed by atoms with Gasteiger partial charge in [-0.3, -0.25) is 9.56 Å². The Morgan fingerprint density at radius 2 is 2.12 bits per heavy atom. The first-order valence-electron chi connectivity index (χ1n) is 10.9. The number of imidazole rings is 1. The zero-order valence-electron chi connectivity index (χ0n) is 19.0. The van der Waals surface area contributed by atoms with Gasteiger partial charge < -0.3 is 20.1 Å². The van der Waals surface area contributed by atoms with E-state index >= 15 is 0 Å². The van der Waals surface area contributed by atoms with Crippen LogP contribution in [0.2, 0.25) is 0 Å². The smallest absolute Gasteiger partial charge is 0.191 e. The molecule has 1 aromatic carbocycles. The Labute approximate surface area is 211 Å². The van der Waals surface area contributed by atoms with E-state index in [0.29, 0.717) is 25.7 Å². The van der Waals surface area contributed by atoms with Crippen LogP contribution in [0.3, 0.4) is 0 Å². The maximum absolute atomic E-state index is 6.10. The quantitative estimate of drug-likeness (QED) is 0.248. The first kappa shape index (κ1) is 25.0. The van der Waals surface area contributed by atoms with E-state index in [0.717, 1.165) is 42.1 Å². The molecule has 33 heavy (non-hydrogen) atoms. The largest absolute Gasteiger partial charge is 0.491 e. The van der Waals surface area contributed by atoms with E-state index in [1.54, 1.807) is 19.6 Å². The van der Waals surface area contributed by atoms with E-state index in [2.05, 4.69) is 50.7 Å². The lowest BCUT2D eigenvalue weighted by Gasteiger charge is -2.17. The van der Waals surface area contributed by atoms with Crippen LogP contribution in [0.25, 0.3) is 5.82 Å². The highest BCUT2D eigenvalue weighted by atomic mass is 127. The third kappa shape index (κ3) is 7.16. The fourth-order valence-corrected chi connectivity index (χ4v) is 3.55. The molecule has 9 heteroatoms. The number of pyridine rings is 1. The Kier molecular flexibility index (Phi) is 9.49. The molecule has 0 radical (unpaired) electrons. The van der Waals surface area contributed by atoms with Crippen molar-refractivity contribution in [2.75, 3.05) is 20.3 Å². The second-order valence-electron chi connectivity index (χ2n) is 7.83. The molecule has 2 N–H and O–H groups in total. The summed E-state index contributed by atoms with van der Waals surface area (Å²) in [6.07, 6.45) is 9.56. The lowest BCUT2D eigenvalue weighted by Crippen LogP contribution is -2.36. The van der Waals surface area contributed by atoms with Crippen LogP contribution in [0.4, 0.5) is 0 Å². The Bertz CT molecular complexity index is 1020. The molecule has 8 nitrogen and oxygen atoms in total. The number of ether oxygens (including phenoxy) is 2. The lowest BCUT2D eigenvalue weighted by atomic mass is 10.1. The van der Waals surface area contributed by atoms with Gasteiger partial charge in [-0.05, 0) is 43.0 Å². The number of aryl methyl sites for hydroxylation is 1. The number of nitrogens with zero attached hydrogens (tertiary/aromatic N) is 4. The monoisotopic (exact) mass is 562 g/mol. The topological polar surface area (TPSA) is 85.6 Å². The molecule has 1 saturated heterocycles. The highest BCUT2D eigenvalue weighted by Gasteiger charge is 2.17. The molecule has 4 rings (SSSR count). The number of nitrogens with one attached hydrogen (secondary N) is 2. The van der Waals surface area contributed by atoms with Gasteiger partial charge >= 0.3 is 0 Å². The molecule has 1 unspecified atom stereocenters. The van der Waals surface area contributed by atoms with Crippen LogP contribution in [0.15, 0.2) is 60.2 Å². The van der Waals surface area contributed by atoms with Gasteiger partial charge in [0.1, 0.15) is 24.5 Å². The highest BCUT2D eigenvalue weighted by Crippen LogP contribution is 2.22. The third-order valence-electron chi connectivity index (χ3n) is 5.38. The van der Waals surface area contributed by atoms with Crippen molar-refractivity contribution in [3.05, 3.63) is 71.9 Å². The van der Waals surface area contributed by atoms with E-state index in [9.17, 15) is 0 Å².